The smallest absolute Gasteiger partial charge is 0.271 e. The van der Waals surface area contributed by atoms with Crippen molar-refractivity contribution in [2.45, 2.75) is 25.4 Å². The number of nitrogens with zero attached hydrogens (tertiary/aromatic N) is 2. The van der Waals surface area contributed by atoms with Gasteiger partial charge >= 0.3 is 0 Å². The van der Waals surface area contributed by atoms with Crippen molar-refractivity contribution >= 4 is 17.5 Å². The molecule has 110 valence electrons. The van der Waals surface area contributed by atoms with E-state index >= 15 is 0 Å². The lowest BCUT2D eigenvalue weighted by atomic mass is 10.1. The average Bonchev–Trinajstić information content (AvgIpc) is 3.19. The minimum Gasteiger partial charge on any atom is -0.354 e. The molecule has 1 aliphatic rings. The van der Waals surface area contributed by atoms with Crippen LogP contribution in [0.5, 0.6) is 0 Å². The van der Waals surface area contributed by atoms with Crippen LogP contribution < -0.4 is 10.6 Å². The Balaban J connectivity index is 1.89. The highest BCUT2D eigenvalue weighted by molar-refractivity contribution is 6.30. The molecule has 1 fully saturated rings. The highest BCUT2D eigenvalue weighted by Crippen LogP contribution is 2.23. The van der Waals surface area contributed by atoms with Crippen molar-refractivity contribution in [3.63, 3.8) is 0 Å². The third-order valence-electron chi connectivity index (χ3n) is 3.50. The number of amides is 1. The molecule has 1 aromatic heterocycles. The summed E-state index contributed by atoms with van der Waals surface area (Å²) in [5, 5.41) is 11.0. The highest BCUT2D eigenvalue weighted by Gasteiger charge is 2.21. The van der Waals surface area contributed by atoms with Crippen LogP contribution in [0.3, 0.4) is 0 Å². The number of carbonyl (C=O) groups is 1. The van der Waals surface area contributed by atoms with E-state index in [9.17, 15) is 4.79 Å². The maximum absolute atomic E-state index is 11.6. The number of hydrogen-bond donors (Lipinski definition) is 2. The van der Waals surface area contributed by atoms with Gasteiger partial charge in [-0.25, -0.2) is 4.68 Å². The van der Waals surface area contributed by atoms with Crippen LogP contribution in [0.25, 0.3) is 5.69 Å². The molecule has 1 aromatic carbocycles. The Morgan fingerprint density at radius 2 is 2.24 bits per heavy atom. The van der Waals surface area contributed by atoms with E-state index in [4.69, 9.17) is 11.6 Å². The van der Waals surface area contributed by atoms with Crippen molar-refractivity contribution in [1.82, 2.24) is 20.4 Å². The summed E-state index contributed by atoms with van der Waals surface area (Å²) >= 11 is 6.10. The van der Waals surface area contributed by atoms with Gasteiger partial charge in [-0.3, -0.25) is 4.79 Å². The predicted octanol–water partition coefficient (Wildman–Crippen LogP) is 2.14. The molecule has 1 aliphatic carbocycles. The van der Waals surface area contributed by atoms with E-state index in [0.29, 0.717) is 16.8 Å². The molecular weight excluding hydrogens is 288 g/mol. The molecule has 1 amide bonds. The van der Waals surface area contributed by atoms with Crippen LogP contribution in [0.15, 0.2) is 30.5 Å². The number of aromatic nitrogens is 2. The zero-order chi connectivity index (χ0) is 14.8. The molecule has 1 heterocycles. The van der Waals surface area contributed by atoms with Gasteiger partial charge in [-0.1, -0.05) is 17.7 Å². The number of hydrogen-bond acceptors (Lipinski definition) is 3. The van der Waals surface area contributed by atoms with E-state index in [1.54, 1.807) is 24.0 Å². The fourth-order valence-electron chi connectivity index (χ4n) is 2.15. The molecule has 0 atom stereocenters. The van der Waals surface area contributed by atoms with E-state index in [1.807, 2.05) is 18.2 Å². The molecule has 0 aliphatic heterocycles. The Morgan fingerprint density at radius 3 is 2.95 bits per heavy atom. The van der Waals surface area contributed by atoms with Crippen LogP contribution in [0.1, 0.15) is 28.9 Å². The van der Waals surface area contributed by atoms with E-state index in [1.165, 1.54) is 12.8 Å². The number of carbonyl (C=O) groups excluding carboxylic acids is 1. The van der Waals surface area contributed by atoms with Crippen LogP contribution in [0.4, 0.5) is 0 Å². The van der Waals surface area contributed by atoms with Crippen LogP contribution >= 0.6 is 11.6 Å². The van der Waals surface area contributed by atoms with Crippen molar-refractivity contribution in [2.24, 2.45) is 0 Å². The normalized spacial score (nSPS) is 14.2. The van der Waals surface area contributed by atoms with Gasteiger partial charge in [0.25, 0.3) is 5.91 Å². The summed E-state index contributed by atoms with van der Waals surface area (Å²) in [6, 6.07) is 8.06. The van der Waals surface area contributed by atoms with Gasteiger partial charge in [0.2, 0.25) is 0 Å². The molecule has 21 heavy (non-hydrogen) atoms. The van der Waals surface area contributed by atoms with Crippen molar-refractivity contribution in [2.75, 3.05) is 7.05 Å². The molecule has 0 unspecified atom stereocenters. The minimum absolute atomic E-state index is 0.201. The molecular formula is C15H17ClN4O. The van der Waals surface area contributed by atoms with Crippen LogP contribution in [-0.4, -0.2) is 28.8 Å². The lowest BCUT2D eigenvalue weighted by Crippen LogP contribution is -2.19. The summed E-state index contributed by atoms with van der Waals surface area (Å²) in [5.74, 6) is -0.201. The fraction of sp³-hybridized carbons (Fsp3) is 0.333. The number of halogens is 1. The number of nitrogens with one attached hydrogen (secondary N) is 2. The summed E-state index contributed by atoms with van der Waals surface area (Å²) in [6.45, 7) is 0.770. The second-order valence-corrected chi connectivity index (χ2v) is 5.59. The van der Waals surface area contributed by atoms with E-state index in [-0.39, 0.29) is 5.91 Å². The molecule has 0 bridgehead atoms. The highest BCUT2D eigenvalue weighted by atomic mass is 35.5. The standard InChI is InChI=1S/C15H17ClN4O/c1-17-15(21)13-6-7-20(19-13)14-8-11(16)3-2-10(14)9-18-12-4-5-12/h2-3,6-8,12,18H,4-5,9H2,1H3,(H,17,21). The predicted molar refractivity (Wildman–Crippen MR) is 81.8 cm³/mol. The molecule has 5 nitrogen and oxygen atoms in total. The van der Waals surface area contributed by atoms with E-state index in [0.717, 1.165) is 17.8 Å². The molecule has 6 heteroatoms. The Kier molecular flexibility index (Phi) is 3.94. The zero-order valence-corrected chi connectivity index (χ0v) is 12.5. The van der Waals surface area contributed by atoms with Gasteiger partial charge < -0.3 is 10.6 Å². The molecule has 0 radical (unpaired) electrons. The zero-order valence-electron chi connectivity index (χ0n) is 11.8. The average molecular weight is 305 g/mol. The second kappa shape index (κ2) is 5.87. The maximum atomic E-state index is 11.6. The molecule has 0 saturated heterocycles. The van der Waals surface area contributed by atoms with Gasteiger partial charge in [-0.05, 0) is 36.6 Å². The quantitative estimate of drug-likeness (QED) is 0.890. The summed E-state index contributed by atoms with van der Waals surface area (Å²) in [4.78, 5) is 11.6. The largest absolute Gasteiger partial charge is 0.354 e. The first kappa shape index (κ1) is 14.1. The minimum atomic E-state index is -0.201. The third kappa shape index (κ3) is 3.25. The summed E-state index contributed by atoms with van der Waals surface area (Å²) in [6.07, 6.45) is 4.26. The SMILES string of the molecule is CNC(=O)c1ccn(-c2cc(Cl)ccc2CNC2CC2)n1. The first-order chi connectivity index (χ1) is 10.2. The maximum Gasteiger partial charge on any atom is 0.271 e. The third-order valence-corrected chi connectivity index (χ3v) is 3.74. The summed E-state index contributed by atoms with van der Waals surface area (Å²) in [7, 11) is 1.59. The molecule has 1 saturated carbocycles. The molecule has 0 spiro atoms. The van der Waals surface area contributed by atoms with Crippen molar-refractivity contribution in [3.8, 4) is 5.69 Å². The molecule has 2 aromatic rings. The van der Waals surface area contributed by atoms with Gasteiger partial charge in [-0.15, -0.1) is 0 Å². The lowest BCUT2D eigenvalue weighted by molar-refractivity contribution is 0.0957. The first-order valence-corrected chi connectivity index (χ1v) is 7.35. The molecule has 3 rings (SSSR count). The van der Waals surface area contributed by atoms with Gasteiger partial charge in [0.15, 0.2) is 5.69 Å². The summed E-state index contributed by atoms with van der Waals surface area (Å²) in [5.41, 5.74) is 2.39. The Bertz CT molecular complexity index is 663. The van der Waals surface area contributed by atoms with Crippen molar-refractivity contribution < 1.29 is 4.79 Å². The van der Waals surface area contributed by atoms with Gasteiger partial charge in [0.1, 0.15) is 0 Å². The lowest BCUT2D eigenvalue weighted by Gasteiger charge is -2.11. The van der Waals surface area contributed by atoms with Crippen LogP contribution in [0.2, 0.25) is 5.02 Å². The van der Waals surface area contributed by atoms with Crippen molar-refractivity contribution in [3.05, 3.63) is 46.7 Å². The number of benzene rings is 1. The first-order valence-electron chi connectivity index (χ1n) is 6.97. The topological polar surface area (TPSA) is 59.0 Å². The monoisotopic (exact) mass is 304 g/mol. The van der Waals surface area contributed by atoms with Gasteiger partial charge in [0.05, 0.1) is 5.69 Å². The summed E-state index contributed by atoms with van der Waals surface area (Å²) < 4.78 is 1.69. The van der Waals surface area contributed by atoms with E-state index in [2.05, 4.69) is 15.7 Å². The second-order valence-electron chi connectivity index (χ2n) is 5.15. The Hall–Kier alpha value is -1.85. The number of rotatable bonds is 5. The Labute approximate surface area is 128 Å². The van der Waals surface area contributed by atoms with Crippen LogP contribution in [0, 0.1) is 0 Å². The van der Waals surface area contributed by atoms with Gasteiger partial charge in [-0.2, -0.15) is 5.10 Å². The van der Waals surface area contributed by atoms with E-state index < -0.39 is 0 Å². The van der Waals surface area contributed by atoms with Crippen LogP contribution in [-0.2, 0) is 6.54 Å². The van der Waals surface area contributed by atoms with Crippen molar-refractivity contribution in [1.29, 1.82) is 0 Å². The molecule has 2 N–H and O–H groups in total. The fourth-order valence-corrected chi connectivity index (χ4v) is 2.32. The Morgan fingerprint density at radius 1 is 1.43 bits per heavy atom. The van der Waals surface area contributed by atoms with Gasteiger partial charge in [0, 0.05) is 30.9 Å².